The van der Waals surface area contributed by atoms with E-state index in [2.05, 4.69) is 0 Å². The Morgan fingerprint density at radius 3 is 2.34 bits per heavy atom. The third kappa shape index (κ3) is 3.29. The van der Waals surface area contributed by atoms with E-state index < -0.39 is 64.6 Å². The molecule has 3 rings (SSSR count). The van der Waals surface area contributed by atoms with Crippen molar-refractivity contribution < 1.29 is 39.3 Å². The van der Waals surface area contributed by atoms with Crippen LogP contribution in [-0.2, 0) is 16.0 Å². The number of hydrogen-bond donors (Lipinski definition) is 1. The summed E-state index contributed by atoms with van der Waals surface area (Å²) in [5, 5.41) is 34.1. The Labute approximate surface area is 164 Å². The third-order valence-electron chi connectivity index (χ3n) is 4.71. The summed E-state index contributed by atoms with van der Waals surface area (Å²) in [5.74, 6) is -6.37. The van der Waals surface area contributed by atoms with Crippen molar-refractivity contribution in [3.63, 3.8) is 0 Å². The van der Waals surface area contributed by atoms with Gasteiger partial charge in [0.1, 0.15) is 11.5 Å². The van der Waals surface area contributed by atoms with Gasteiger partial charge in [0.15, 0.2) is 17.3 Å². The van der Waals surface area contributed by atoms with Gasteiger partial charge in [-0.25, -0.2) is 0 Å². The molecule has 0 radical (unpaired) electrons. The first-order valence-corrected chi connectivity index (χ1v) is 8.70. The van der Waals surface area contributed by atoms with Gasteiger partial charge in [-0.15, -0.1) is 0 Å². The van der Waals surface area contributed by atoms with Gasteiger partial charge in [-0.3, -0.25) is 19.2 Å². The average molecular weight is 394 g/mol. The number of hydrogen-bond acceptors (Lipinski definition) is 8. The molecule has 0 bridgehead atoms. The van der Waals surface area contributed by atoms with E-state index in [0.717, 1.165) is 6.07 Å². The minimum absolute atomic E-state index is 0.0271. The lowest BCUT2D eigenvalue weighted by molar-refractivity contribution is -0.304. The predicted octanol–water partition coefficient (Wildman–Crippen LogP) is 0.0855. The Balaban J connectivity index is 2.29. The molecule has 8 heteroatoms. The van der Waals surface area contributed by atoms with Crippen molar-refractivity contribution in [2.24, 2.45) is 0 Å². The second kappa shape index (κ2) is 7.31. The molecular weight excluding hydrogens is 380 g/mol. The number of phenols is 1. The first kappa shape index (κ1) is 19.9. The van der Waals surface area contributed by atoms with Crippen LogP contribution in [0.1, 0.15) is 67.5 Å². The number of carbonyl (C=O) groups is 5. The van der Waals surface area contributed by atoms with Gasteiger partial charge in [-0.05, 0) is 17.7 Å². The maximum Gasteiger partial charge on any atom is 0.197 e. The van der Waals surface area contributed by atoms with Gasteiger partial charge in [-0.2, -0.15) is 0 Å². The summed E-state index contributed by atoms with van der Waals surface area (Å²) in [4.78, 5) is 61.0. The number of aromatic hydroxyl groups is 1. The van der Waals surface area contributed by atoms with E-state index in [1.807, 2.05) is 0 Å². The number of rotatable bonds is 6. The van der Waals surface area contributed by atoms with E-state index in [1.54, 1.807) is 0 Å². The number of ketones is 4. The summed E-state index contributed by atoms with van der Waals surface area (Å²) in [6.07, 6.45) is -1.47. The van der Waals surface area contributed by atoms with E-state index in [1.165, 1.54) is 25.1 Å². The number of fused-ring (bicyclic) bond motifs is 2. The highest BCUT2D eigenvalue weighted by molar-refractivity contribution is 6.31. The van der Waals surface area contributed by atoms with E-state index in [9.17, 15) is 39.3 Å². The average Bonchev–Trinajstić information content (AvgIpc) is 2.64. The quantitative estimate of drug-likeness (QED) is 0.456. The predicted molar refractivity (Wildman–Crippen MR) is 93.8 cm³/mol. The van der Waals surface area contributed by atoms with Gasteiger partial charge in [0.05, 0.1) is 12.0 Å². The Kier molecular flexibility index (Phi) is 5.02. The van der Waals surface area contributed by atoms with Crippen LogP contribution in [0.5, 0.6) is 11.5 Å². The van der Waals surface area contributed by atoms with Crippen molar-refractivity contribution in [1.82, 2.24) is 0 Å². The molecule has 2 aromatic carbocycles. The molecule has 0 amide bonds. The van der Waals surface area contributed by atoms with Gasteiger partial charge >= 0.3 is 0 Å². The van der Waals surface area contributed by atoms with Gasteiger partial charge in [0, 0.05) is 41.1 Å². The number of carbonyl (C=O) groups excluding carboxylic acids is 5. The Hall–Kier alpha value is -3.81. The smallest absolute Gasteiger partial charge is 0.197 e. The lowest BCUT2D eigenvalue weighted by Gasteiger charge is -2.27. The van der Waals surface area contributed by atoms with E-state index in [-0.39, 0.29) is 28.7 Å². The molecule has 8 nitrogen and oxygen atoms in total. The normalized spacial score (nSPS) is 12.3. The molecule has 29 heavy (non-hydrogen) atoms. The largest absolute Gasteiger partial charge is 0.871 e. The molecule has 1 N–H and O–H groups in total. The van der Waals surface area contributed by atoms with Gasteiger partial charge in [0.25, 0.3) is 0 Å². The summed E-state index contributed by atoms with van der Waals surface area (Å²) in [7, 11) is 0. The number of benzene rings is 2. The monoisotopic (exact) mass is 394 g/mol. The molecule has 0 unspecified atom stereocenters. The fourth-order valence-electron chi connectivity index (χ4n) is 3.35. The van der Waals surface area contributed by atoms with Gasteiger partial charge in [0.2, 0.25) is 0 Å². The lowest BCUT2D eigenvalue weighted by atomic mass is 9.79. The molecule has 0 saturated heterocycles. The molecule has 0 aromatic heterocycles. The summed E-state index contributed by atoms with van der Waals surface area (Å²) < 4.78 is 0. The zero-order valence-corrected chi connectivity index (χ0v) is 15.2. The highest BCUT2D eigenvalue weighted by atomic mass is 16.4. The maximum atomic E-state index is 13.0. The first-order chi connectivity index (χ1) is 13.7. The highest BCUT2D eigenvalue weighted by Crippen LogP contribution is 2.38. The second-order valence-corrected chi connectivity index (χ2v) is 6.56. The SMILES string of the molecule is CCC(=O)CC(=O)c1c(CC(=O)[O-])cc2c(c1[O-])C(=O)c1c(O)cccc1C2=O. The lowest BCUT2D eigenvalue weighted by Crippen LogP contribution is -2.29. The van der Waals surface area contributed by atoms with Crippen molar-refractivity contribution in [2.75, 3.05) is 0 Å². The minimum atomic E-state index is -1.60. The van der Waals surface area contributed by atoms with E-state index >= 15 is 0 Å². The van der Waals surface area contributed by atoms with Crippen LogP contribution in [0.2, 0.25) is 0 Å². The molecule has 1 aliphatic rings. The fourth-order valence-corrected chi connectivity index (χ4v) is 3.35. The molecule has 0 atom stereocenters. The van der Waals surface area contributed by atoms with Crippen LogP contribution in [-0.4, -0.2) is 34.2 Å². The summed E-state index contributed by atoms with van der Waals surface area (Å²) in [6.45, 7) is 1.52. The molecule has 2 aromatic rings. The van der Waals surface area contributed by atoms with Gasteiger partial charge in [-0.1, -0.05) is 24.8 Å². The van der Waals surface area contributed by atoms with Crippen LogP contribution >= 0.6 is 0 Å². The Morgan fingerprint density at radius 2 is 1.72 bits per heavy atom. The van der Waals surface area contributed by atoms with Crippen molar-refractivity contribution in [3.05, 3.63) is 57.6 Å². The molecule has 0 fully saturated rings. The molecule has 1 aliphatic carbocycles. The third-order valence-corrected chi connectivity index (χ3v) is 4.71. The zero-order chi connectivity index (χ0) is 21.5. The van der Waals surface area contributed by atoms with Crippen LogP contribution in [0.15, 0.2) is 24.3 Å². The van der Waals surface area contributed by atoms with Crippen molar-refractivity contribution in [1.29, 1.82) is 0 Å². The topological polar surface area (TPSA) is 152 Å². The van der Waals surface area contributed by atoms with Crippen molar-refractivity contribution in [2.45, 2.75) is 26.2 Å². The fraction of sp³-hybridized carbons (Fsp3) is 0.190. The summed E-state index contributed by atoms with van der Waals surface area (Å²) in [6, 6.07) is 4.82. The summed E-state index contributed by atoms with van der Waals surface area (Å²) in [5.41, 5.74) is -2.41. The summed E-state index contributed by atoms with van der Waals surface area (Å²) >= 11 is 0. The maximum absolute atomic E-state index is 13.0. The zero-order valence-electron chi connectivity index (χ0n) is 15.2. The molecule has 0 spiro atoms. The number of carboxylic acid groups (broad SMARTS) is 1. The highest BCUT2D eigenvalue weighted by Gasteiger charge is 2.34. The van der Waals surface area contributed by atoms with Gasteiger partial charge < -0.3 is 20.1 Å². The minimum Gasteiger partial charge on any atom is -0.871 e. The molecule has 0 heterocycles. The number of Topliss-reactive ketones (excluding diaryl/α,β-unsaturated/α-hetero) is 2. The van der Waals surface area contributed by atoms with Crippen LogP contribution in [0.3, 0.4) is 0 Å². The number of aliphatic carboxylic acids is 1. The number of carboxylic acids is 1. The van der Waals surface area contributed by atoms with Crippen molar-refractivity contribution >= 4 is 29.1 Å². The number of phenolic OH excluding ortho intramolecular Hbond substituents is 1. The molecule has 148 valence electrons. The molecule has 0 saturated carbocycles. The Bertz CT molecular complexity index is 1110. The van der Waals surface area contributed by atoms with Crippen molar-refractivity contribution in [3.8, 4) is 11.5 Å². The molecule has 0 aliphatic heterocycles. The molecular formula is C21H14O8-2. The first-order valence-electron chi connectivity index (χ1n) is 8.70. The van der Waals surface area contributed by atoms with Crippen LogP contribution in [0.25, 0.3) is 0 Å². The van der Waals surface area contributed by atoms with E-state index in [0.29, 0.717) is 0 Å². The van der Waals surface area contributed by atoms with Crippen LogP contribution < -0.4 is 10.2 Å². The second-order valence-electron chi connectivity index (χ2n) is 6.56. The van der Waals surface area contributed by atoms with Crippen LogP contribution in [0.4, 0.5) is 0 Å². The standard InChI is InChI=1S/C21H16O8/c1-2-10(22)8-14(24)16-9(7-15(25)26)6-12-18(20(16)28)21(29)17-11(19(12)27)4-3-5-13(17)23/h3-6,23,28H,2,7-8H2,1H3,(H,25,26)/p-2. The van der Waals surface area contributed by atoms with Crippen LogP contribution in [0, 0.1) is 0 Å². The van der Waals surface area contributed by atoms with E-state index in [4.69, 9.17) is 0 Å². The Morgan fingerprint density at radius 1 is 1.03 bits per heavy atom.